The number of ether oxygens (including phenoxy) is 1. The summed E-state index contributed by atoms with van der Waals surface area (Å²) in [4.78, 5) is 0. The van der Waals surface area contributed by atoms with E-state index in [2.05, 4.69) is 19.1 Å². The van der Waals surface area contributed by atoms with Gasteiger partial charge in [0, 0.05) is 11.6 Å². The van der Waals surface area contributed by atoms with E-state index in [4.69, 9.17) is 4.74 Å². The van der Waals surface area contributed by atoms with Gasteiger partial charge in [0.25, 0.3) is 12.4 Å². The largest absolute Gasteiger partial charge is 0.429 e. The Hall–Kier alpha value is -2.30. The minimum Gasteiger partial charge on any atom is -0.429 e. The van der Waals surface area contributed by atoms with Gasteiger partial charge in [-0.25, -0.2) is 13.2 Å². The molecule has 0 spiro atoms. The molecule has 0 fully saturated rings. The van der Waals surface area contributed by atoms with Crippen LogP contribution >= 0.6 is 0 Å². The number of hydrogen-bond acceptors (Lipinski definition) is 1. The lowest BCUT2D eigenvalue weighted by Crippen LogP contribution is -2.07. The Morgan fingerprint density at radius 2 is 1.77 bits per heavy atom. The van der Waals surface area contributed by atoms with Crippen molar-refractivity contribution in [3.05, 3.63) is 58.9 Å². The highest BCUT2D eigenvalue weighted by Gasteiger charge is 2.27. The van der Waals surface area contributed by atoms with Crippen molar-refractivity contribution in [1.29, 1.82) is 0 Å². The number of fused-ring (bicyclic) bond motifs is 1. The lowest BCUT2D eigenvalue weighted by molar-refractivity contribution is -0.452. The Balaban J connectivity index is 0.000000545. The second kappa shape index (κ2) is 7.11. The van der Waals surface area contributed by atoms with Gasteiger partial charge in [-0.15, -0.1) is 0 Å². The summed E-state index contributed by atoms with van der Waals surface area (Å²) in [7, 11) is 0. The van der Waals surface area contributed by atoms with Crippen LogP contribution in [0.4, 0.5) is 18.9 Å². The maximum atomic E-state index is 12.9. The second-order valence-corrected chi connectivity index (χ2v) is 4.95. The first kappa shape index (κ1) is 16.1. The van der Waals surface area contributed by atoms with Crippen LogP contribution in [0.1, 0.15) is 16.7 Å². The summed E-state index contributed by atoms with van der Waals surface area (Å²) in [5, 5.41) is 0. The third-order valence-corrected chi connectivity index (χ3v) is 3.23. The molecule has 0 bridgehead atoms. The lowest BCUT2D eigenvalue weighted by atomic mass is 10.1. The van der Waals surface area contributed by atoms with E-state index in [0.29, 0.717) is 6.73 Å². The van der Waals surface area contributed by atoms with Crippen LogP contribution in [0.2, 0.25) is 0 Å². The summed E-state index contributed by atoms with van der Waals surface area (Å²) in [5.74, 6) is 0.714. The topological polar surface area (TPSA) is 12.2 Å². The van der Waals surface area contributed by atoms with Crippen LogP contribution < -0.4 is 4.74 Å². The smallest absolute Gasteiger partial charge is 0.293 e. The second-order valence-electron chi connectivity index (χ2n) is 4.95. The van der Waals surface area contributed by atoms with Gasteiger partial charge in [-0.05, 0) is 49.2 Å². The van der Waals surface area contributed by atoms with Crippen LogP contribution in [-0.4, -0.2) is 24.4 Å². The first-order valence-corrected chi connectivity index (χ1v) is 6.78. The summed E-state index contributed by atoms with van der Waals surface area (Å²) in [6.45, 7) is 2.87. The summed E-state index contributed by atoms with van der Waals surface area (Å²) in [6, 6.07) is 10.7. The zero-order valence-corrected chi connectivity index (χ0v) is 12.4. The van der Waals surface area contributed by atoms with Gasteiger partial charge in [0.2, 0.25) is 12.7 Å². The molecule has 5 heteroatoms. The lowest BCUT2D eigenvalue weighted by Gasteiger charge is -1.99. The fraction of sp³-hybridized carbons (Fsp3) is 0.235. The van der Waals surface area contributed by atoms with Gasteiger partial charge in [0.15, 0.2) is 6.21 Å². The molecule has 0 saturated carbocycles. The Bertz CT molecular complexity index is 681. The molecular formula is C17H17F3NO+. The molecule has 0 radical (unpaired) electrons. The molecule has 2 aromatic rings. The van der Waals surface area contributed by atoms with Gasteiger partial charge in [-0.1, -0.05) is 6.07 Å². The fourth-order valence-corrected chi connectivity index (χ4v) is 2.37. The zero-order valence-electron chi connectivity index (χ0n) is 12.4. The van der Waals surface area contributed by atoms with E-state index in [1.165, 1.54) is 17.7 Å². The van der Waals surface area contributed by atoms with Crippen LogP contribution in [-0.2, 0) is 0 Å². The molecule has 0 amide bonds. The SMILES string of the molecule is Cc1cc(C)c2c(c1)/[N+](=C\c1ccc(F)cc1)CO2.FCF. The number of benzene rings is 2. The van der Waals surface area contributed by atoms with E-state index in [1.54, 1.807) is 12.1 Å². The van der Waals surface area contributed by atoms with E-state index < -0.39 is 6.93 Å². The maximum Gasteiger partial charge on any atom is 0.293 e. The van der Waals surface area contributed by atoms with E-state index in [-0.39, 0.29) is 5.82 Å². The van der Waals surface area contributed by atoms with Crippen LogP contribution in [0, 0.1) is 19.7 Å². The molecule has 2 aromatic carbocycles. The minimum atomic E-state index is -1.75. The Kier molecular flexibility index (Phi) is 5.20. The standard InChI is InChI=1S/C16H15FNO.CH2F2/c1-11-7-12(2)16-15(8-11)18(10-19-16)9-13-3-5-14(17)6-4-13;2-1-3/h3-9H,10H2,1-2H3;1H2/q+1;/b18-9-;. The van der Waals surface area contributed by atoms with Gasteiger partial charge >= 0.3 is 0 Å². The van der Waals surface area contributed by atoms with Crippen LogP contribution in [0.25, 0.3) is 0 Å². The van der Waals surface area contributed by atoms with Crippen molar-refractivity contribution in [3.63, 3.8) is 0 Å². The molecular weight excluding hydrogens is 291 g/mol. The number of nitrogens with zero attached hydrogens (tertiary/aromatic N) is 1. The monoisotopic (exact) mass is 308 g/mol. The van der Waals surface area contributed by atoms with Crippen molar-refractivity contribution in [3.8, 4) is 5.75 Å². The van der Waals surface area contributed by atoms with Crippen LogP contribution in [0.15, 0.2) is 36.4 Å². The molecule has 3 rings (SSSR count). The summed E-state index contributed by atoms with van der Waals surface area (Å²) >= 11 is 0. The van der Waals surface area contributed by atoms with Crippen molar-refractivity contribution in [2.24, 2.45) is 0 Å². The average Bonchev–Trinajstić information content (AvgIpc) is 2.86. The summed E-state index contributed by atoms with van der Waals surface area (Å²) in [6.07, 6.45) is 1.98. The fourth-order valence-electron chi connectivity index (χ4n) is 2.37. The molecule has 2 nitrogen and oxygen atoms in total. The summed E-state index contributed by atoms with van der Waals surface area (Å²) < 4.78 is 39.9. The number of aryl methyl sites for hydroxylation is 2. The molecule has 0 aliphatic carbocycles. The average molecular weight is 308 g/mol. The van der Waals surface area contributed by atoms with Gasteiger partial charge < -0.3 is 4.74 Å². The number of rotatable bonds is 1. The third kappa shape index (κ3) is 3.67. The van der Waals surface area contributed by atoms with Gasteiger partial charge in [-0.2, -0.15) is 4.58 Å². The van der Waals surface area contributed by atoms with Crippen molar-refractivity contribution < 1.29 is 22.5 Å². The number of alkyl halides is 2. The number of halogens is 3. The molecule has 116 valence electrons. The molecule has 1 aliphatic rings. The first-order valence-electron chi connectivity index (χ1n) is 6.78. The van der Waals surface area contributed by atoms with Gasteiger partial charge in [-0.3, -0.25) is 0 Å². The van der Waals surface area contributed by atoms with Gasteiger partial charge in [0.1, 0.15) is 5.82 Å². The highest BCUT2D eigenvalue weighted by atomic mass is 19.3. The molecule has 1 heterocycles. The highest BCUT2D eigenvalue weighted by Crippen LogP contribution is 2.36. The van der Waals surface area contributed by atoms with Crippen LogP contribution in [0.3, 0.4) is 0 Å². The summed E-state index contributed by atoms with van der Waals surface area (Å²) in [5.41, 5.74) is 4.38. The van der Waals surface area contributed by atoms with Crippen LogP contribution in [0.5, 0.6) is 5.75 Å². The molecule has 0 atom stereocenters. The first-order chi connectivity index (χ1) is 10.5. The predicted molar refractivity (Wildman–Crippen MR) is 80.0 cm³/mol. The quantitative estimate of drug-likeness (QED) is 0.710. The predicted octanol–water partition coefficient (Wildman–Crippen LogP) is 4.44. The zero-order chi connectivity index (χ0) is 16.1. The molecule has 22 heavy (non-hydrogen) atoms. The van der Waals surface area contributed by atoms with E-state index in [0.717, 1.165) is 22.6 Å². The molecule has 0 aromatic heterocycles. The van der Waals surface area contributed by atoms with Crippen molar-refractivity contribution in [1.82, 2.24) is 0 Å². The highest BCUT2D eigenvalue weighted by molar-refractivity contribution is 5.77. The van der Waals surface area contributed by atoms with Crippen molar-refractivity contribution in [2.45, 2.75) is 13.8 Å². The third-order valence-electron chi connectivity index (χ3n) is 3.23. The van der Waals surface area contributed by atoms with Crippen molar-refractivity contribution in [2.75, 3.05) is 13.7 Å². The van der Waals surface area contributed by atoms with E-state index in [1.807, 2.05) is 17.7 Å². The molecule has 1 aliphatic heterocycles. The maximum absolute atomic E-state index is 12.9. The minimum absolute atomic E-state index is 0.220. The number of hydrogen-bond donors (Lipinski definition) is 0. The Labute approximate surface area is 127 Å². The normalized spacial score (nSPS) is 14.1. The van der Waals surface area contributed by atoms with E-state index in [9.17, 15) is 13.2 Å². The van der Waals surface area contributed by atoms with E-state index >= 15 is 0 Å². The Morgan fingerprint density at radius 3 is 2.41 bits per heavy atom. The molecule has 0 unspecified atom stereocenters. The van der Waals surface area contributed by atoms with Gasteiger partial charge in [0.05, 0.1) is 0 Å². The Morgan fingerprint density at radius 1 is 1.14 bits per heavy atom. The molecule has 0 N–H and O–H groups in total. The van der Waals surface area contributed by atoms with Crippen molar-refractivity contribution >= 4 is 11.9 Å². The molecule has 0 saturated heterocycles.